The summed E-state index contributed by atoms with van der Waals surface area (Å²) in [5.41, 5.74) is 0.993. The van der Waals surface area contributed by atoms with E-state index < -0.39 is 10.8 Å². The molecule has 1 heterocycles. The minimum Gasteiger partial charge on any atom is -0.352 e. The zero-order chi connectivity index (χ0) is 23.4. The lowest BCUT2D eigenvalue weighted by Crippen LogP contribution is -2.54. The van der Waals surface area contributed by atoms with Gasteiger partial charge in [0.25, 0.3) is 5.91 Å². The molecule has 1 fully saturated rings. The molecular formula is C26H31N3O3S. The summed E-state index contributed by atoms with van der Waals surface area (Å²) in [6, 6.07) is 17.3. The van der Waals surface area contributed by atoms with Crippen molar-refractivity contribution < 1.29 is 14.4 Å². The topological polar surface area (TPSA) is 78.5 Å². The van der Waals surface area contributed by atoms with E-state index in [9.17, 15) is 14.4 Å². The molecule has 1 aliphatic carbocycles. The maximum atomic E-state index is 13.4. The van der Waals surface area contributed by atoms with Crippen LogP contribution in [0.15, 0.2) is 59.5 Å². The molecule has 1 aliphatic heterocycles. The van der Waals surface area contributed by atoms with Gasteiger partial charge in [0.1, 0.15) is 6.54 Å². The van der Waals surface area contributed by atoms with Crippen LogP contribution in [0.4, 0.5) is 5.69 Å². The third-order valence-electron chi connectivity index (χ3n) is 6.33. The van der Waals surface area contributed by atoms with Crippen LogP contribution in [0.25, 0.3) is 0 Å². The molecule has 2 aliphatic rings. The molecule has 174 valence electrons. The molecule has 0 spiro atoms. The summed E-state index contributed by atoms with van der Waals surface area (Å²) < 4.78 is 0. The molecule has 2 aromatic carbocycles. The van der Waals surface area contributed by atoms with Gasteiger partial charge in [-0.05, 0) is 44.4 Å². The van der Waals surface area contributed by atoms with E-state index in [1.54, 1.807) is 0 Å². The molecule has 1 atom stereocenters. The van der Waals surface area contributed by atoms with E-state index in [0.717, 1.165) is 36.1 Å². The van der Waals surface area contributed by atoms with Crippen molar-refractivity contribution in [3.05, 3.63) is 60.2 Å². The van der Waals surface area contributed by atoms with E-state index in [1.807, 2.05) is 68.4 Å². The van der Waals surface area contributed by atoms with Crippen LogP contribution < -0.4 is 15.5 Å². The second-order valence-electron chi connectivity index (χ2n) is 9.27. The number of amides is 3. The lowest BCUT2D eigenvalue weighted by Gasteiger charge is -2.35. The van der Waals surface area contributed by atoms with Crippen LogP contribution >= 0.6 is 11.8 Å². The zero-order valence-electron chi connectivity index (χ0n) is 19.2. The van der Waals surface area contributed by atoms with Gasteiger partial charge in [0.15, 0.2) is 5.25 Å². The first-order valence-electron chi connectivity index (χ1n) is 11.6. The quantitative estimate of drug-likeness (QED) is 0.633. The monoisotopic (exact) mass is 465 g/mol. The number of benzene rings is 2. The number of hydrogen-bond acceptors (Lipinski definition) is 4. The van der Waals surface area contributed by atoms with Crippen LogP contribution in [0.1, 0.15) is 51.5 Å². The lowest BCUT2D eigenvalue weighted by molar-refractivity contribution is -0.130. The summed E-state index contributed by atoms with van der Waals surface area (Å²) in [6.45, 7) is 3.75. The van der Waals surface area contributed by atoms with Gasteiger partial charge in [0, 0.05) is 10.9 Å². The Morgan fingerprint density at radius 1 is 1.00 bits per heavy atom. The van der Waals surface area contributed by atoms with Gasteiger partial charge in [0.05, 0.1) is 11.2 Å². The third-order valence-corrected chi connectivity index (χ3v) is 7.58. The highest BCUT2D eigenvalue weighted by Crippen LogP contribution is 2.39. The van der Waals surface area contributed by atoms with Gasteiger partial charge >= 0.3 is 0 Å². The molecule has 1 saturated carbocycles. The van der Waals surface area contributed by atoms with Crippen molar-refractivity contribution in [2.24, 2.45) is 0 Å². The molecule has 0 bridgehead atoms. The Kier molecular flexibility index (Phi) is 7.08. The van der Waals surface area contributed by atoms with Crippen molar-refractivity contribution in [1.82, 2.24) is 10.6 Å². The highest BCUT2D eigenvalue weighted by atomic mass is 32.2. The molecule has 1 unspecified atom stereocenters. The number of fused-ring (bicyclic) bond motifs is 1. The van der Waals surface area contributed by atoms with E-state index >= 15 is 0 Å². The maximum Gasteiger partial charge on any atom is 0.250 e. The Bertz CT molecular complexity index is 1020. The number of rotatable bonds is 6. The van der Waals surface area contributed by atoms with Gasteiger partial charge in [-0.3, -0.25) is 14.4 Å². The first-order chi connectivity index (χ1) is 15.8. The number of nitrogens with one attached hydrogen (secondary N) is 2. The second kappa shape index (κ2) is 10.00. The fourth-order valence-corrected chi connectivity index (χ4v) is 5.61. The minimum atomic E-state index is -0.953. The van der Waals surface area contributed by atoms with Crippen molar-refractivity contribution >= 4 is 35.2 Å². The predicted molar refractivity (Wildman–Crippen MR) is 131 cm³/mol. The number of para-hydroxylation sites is 1. The SMILES string of the molecule is CC(C)(NC(=O)C1Sc2ccccc2N(CC(=O)NC2CCCCC2)C1=O)c1ccccc1. The summed E-state index contributed by atoms with van der Waals surface area (Å²) in [4.78, 5) is 41.8. The molecule has 3 amide bonds. The third kappa shape index (κ3) is 5.41. The van der Waals surface area contributed by atoms with Gasteiger partial charge in [-0.1, -0.05) is 61.7 Å². The molecular weight excluding hydrogens is 434 g/mol. The van der Waals surface area contributed by atoms with Crippen LogP contribution in [0.2, 0.25) is 0 Å². The number of thioether (sulfide) groups is 1. The summed E-state index contributed by atoms with van der Waals surface area (Å²) >= 11 is 1.24. The molecule has 6 nitrogen and oxygen atoms in total. The molecule has 0 radical (unpaired) electrons. The molecule has 4 rings (SSSR count). The predicted octanol–water partition coefficient (Wildman–Crippen LogP) is 3.99. The van der Waals surface area contributed by atoms with E-state index in [4.69, 9.17) is 0 Å². The molecule has 7 heteroatoms. The first kappa shape index (κ1) is 23.4. The fraction of sp³-hybridized carbons (Fsp3) is 0.423. The van der Waals surface area contributed by atoms with Crippen LogP contribution in [-0.2, 0) is 19.9 Å². The number of hydrogen-bond donors (Lipinski definition) is 2. The van der Waals surface area contributed by atoms with E-state index in [2.05, 4.69) is 10.6 Å². The van der Waals surface area contributed by atoms with Gasteiger partial charge in [-0.25, -0.2) is 0 Å². The smallest absolute Gasteiger partial charge is 0.250 e. The van der Waals surface area contributed by atoms with Crippen LogP contribution in [-0.4, -0.2) is 35.6 Å². The lowest BCUT2D eigenvalue weighted by atomic mass is 9.94. The number of anilines is 1. The highest BCUT2D eigenvalue weighted by Gasteiger charge is 2.40. The van der Waals surface area contributed by atoms with Crippen molar-refractivity contribution in [2.75, 3.05) is 11.4 Å². The first-order valence-corrected chi connectivity index (χ1v) is 12.5. The largest absolute Gasteiger partial charge is 0.352 e. The number of carbonyl (C=O) groups is 3. The standard InChI is InChI=1S/C26H31N3O3S/c1-26(2,18-11-5-3-6-12-18)28-24(31)23-25(32)29(20-15-9-10-16-21(20)33-23)17-22(30)27-19-13-7-4-8-14-19/h3,5-6,9-12,15-16,19,23H,4,7-8,13-14,17H2,1-2H3,(H,27,30)(H,28,31). The average molecular weight is 466 g/mol. The Morgan fingerprint density at radius 2 is 1.67 bits per heavy atom. The van der Waals surface area contributed by atoms with E-state index in [1.165, 1.54) is 23.1 Å². The van der Waals surface area contributed by atoms with Gasteiger partial charge in [-0.15, -0.1) is 11.8 Å². The van der Waals surface area contributed by atoms with Crippen molar-refractivity contribution in [1.29, 1.82) is 0 Å². The van der Waals surface area contributed by atoms with Gasteiger partial charge < -0.3 is 15.5 Å². The van der Waals surface area contributed by atoms with Crippen molar-refractivity contribution in [2.45, 2.75) is 67.7 Å². The number of carbonyl (C=O) groups excluding carboxylic acids is 3. The Hall–Kier alpha value is -2.80. The normalized spacial score (nSPS) is 19.0. The van der Waals surface area contributed by atoms with Crippen LogP contribution in [0.3, 0.4) is 0 Å². The van der Waals surface area contributed by atoms with E-state index in [0.29, 0.717) is 5.69 Å². The summed E-state index contributed by atoms with van der Waals surface area (Å²) in [5, 5.41) is 5.16. The van der Waals surface area contributed by atoms with Crippen molar-refractivity contribution in [3.63, 3.8) is 0 Å². The Labute approximate surface area is 199 Å². The molecule has 0 saturated heterocycles. The zero-order valence-corrected chi connectivity index (χ0v) is 20.0. The summed E-state index contributed by atoms with van der Waals surface area (Å²) in [7, 11) is 0. The molecule has 0 aromatic heterocycles. The summed E-state index contributed by atoms with van der Waals surface area (Å²) in [6.07, 6.45) is 5.40. The number of nitrogens with zero attached hydrogens (tertiary/aromatic N) is 1. The van der Waals surface area contributed by atoms with E-state index in [-0.39, 0.29) is 30.3 Å². The van der Waals surface area contributed by atoms with Crippen molar-refractivity contribution in [3.8, 4) is 0 Å². The Morgan fingerprint density at radius 3 is 2.39 bits per heavy atom. The maximum absolute atomic E-state index is 13.4. The summed E-state index contributed by atoms with van der Waals surface area (Å²) in [5.74, 6) is -0.898. The molecule has 2 N–H and O–H groups in total. The molecule has 2 aromatic rings. The van der Waals surface area contributed by atoms with Crippen LogP contribution in [0, 0.1) is 0 Å². The second-order valence-corrected chi connectivity index (χ2v) is 10.4. The van der Waals surface area contributed by atoms with Gasteiger partial charge in [0.2, 0.25) is 11.8 Å². The fourth-order valence-electron chi connectivity index (χ4n) is 4.51. The molecule has 33 heavy (non-hydrogen) atoms. The van der Waals surface area contributed by atoms with Crippen LogP contribution in [0.5, 0.6) is 0 Å². The Balaban J connectivity index is 1.51. The van der Waals surface area contributed by atoms with Gasteiger partial charge in [-0.2, -0.15) is 0 Å². The minimum absolute atomic E-state index is 0.0846. The average Bonchev–Trinajstić information content (AvgIpc) is 2.81. The highest BCUT2D eigenvalue weighted by molar-refractivity contribution is 8.01.